The van der Waals surface area contributed by atoms with Gasteiger partial charge >= 0.3 is 0 Å². The highest BCUT2D eigenvalue weighted by Gasteiger charge is 2.20. The fourth-order valence-electron chi connectivity index (χ4n) is 2.12. The molecule has 0 radical (unpaired) electrons. The van der Waals surface area contributed by atoms with Crippen LogP contribution in [0.4, 0.5) is 0 Å². The average molecular weight is 313 g/mol. The number of thiophene rings is 1. The molecule has 112 valence electrons. The Balaban J connectivity index is 1.83. The highest BCUT2D eigenvalue weighted by atomic mass is 32.1. The number of hydrogen-bond donors (Lipinski definition) is 0. The van der Waals surface area contributed by atoms with E-state index in [9.17, 15) is 4.79 Å². The van der Waals surface area contributed by atoms with Crippen molar-refractivity contribution in [3.8, 4) is 0 Å². The van der Waals surface area contributed by atoms with Crippen molar-refractivity contribution >= 4 is 17.2 Å². The minimum atomic E-state index is -0.159. The van der Waals surface area contributed by atoms with Crippen LogP contribution in [0, 0.1) is 6.92 Å². The summed E-state index contributed by atoms with van der Waals surface area (Å²) in [6.07, 6.45) is 1.73. The number of pyridine rings is 1. The molecule has 1 amide bonds. The van der Waals surface area contributed by atoms with Crippen LogP contribution in [0.5, 0.6) is 0 Å². The van der Waals surface area contributed by atoms with Crippen molar-refractivity contribution in [2.45, 2.75) is 20.0 Å². The number of nitrogens with zero attached hydrogens (tertiary/aromatic N) is 3. The summed E-state index contributed by atoms with van der Waals surface area (Å²) in [7, 11) is 0. The topological polar surface area (TPSA) is 59.2 Å². The van der Waals surface area contributed by atoms with Crippen LogP contribution >= 0.6 is 11.3 Å². The second-order valence-electron chi connectivity index (χ2n) is 4.94. The van der Waals surface area contributed by atoms with Crippen LogP contribution in [-0.4, -0.2) is 20.9 Å². The largest absolute Gasteiger partial charge is 0.361 e. The Morgan fingerprint density at radius 2 is 2.23 bits per heavy atom. The number of amides is 1. The lowest BCUT2D eigenvalue weighted by molar-refractivity contribution is 0.0717. The van der Waals surface area contributed by atoms with Gasteiger partial charge in [-0.25, -0.2) is 0 Å². The van der Waals surface area contributed by atoms with Gasteiger partial charge in [-0.05, 0) is 41.4 Å². The zero-order chi connectivity index (χ0) is 15.4. The van der Waals surface area contributed by atoms with E-state index in [1.165, 1.54) is 0 Å². The molecule has 0 spiro atoms. The predicted octanol–water partition coefficient (Wildman–Crippen LogP) is 3.28. The van der Waals surface area contributed by atoms with Crippen LogP contribution in [0.2, 0.25) is 0 Å². The zero-order valence-corrected chi connectivity index (χ0v) is 12.9. The van der Waals surface area contributed by atoms with E-state index in [1.807, 2.05) is 35.0 Å². The summed E-state index contributed by atoms with van der Waals surface area (Å²) in [5.41, 5.74) is 2.25. The third kappa shape index (κ3) is 3.40. The number of hydrogen-bond acceptors (Lipinski definition) is 5. The van der Waals surface area contributed by atoms with Crippen LogP contribution in [0.3, 0.4) is 0 Å². The van der Waals surface area contributed by atoms with E-state index in [4.69, 9.17) is 4.52 Å². The summed E-state index contributed by atoms with van der Waals surface area (Å²) < 4.78 is 5.01. The van der Waals surface area contributed by atoms with E-state index in [2.05, 4.69) is 10.1 Å². The number of aromatic nitrogens is 2. The summed E-state index contributed by atoms with van der Waals surface area (Å²) in [4.78, 5) is 18.7. The van der Waals surface area contributed by atoms with E-state index >= 15 is 0 Å². The average Bonchev–Trinajstić information content (AvgIpc) is 3.18. The number of carbonyl (C=O) groups excluding carboxylic acids is 1. The first-order valence-corrected chi connectivity index (χ1v) is 7.80. The molecule has 3 aromatic rings. The summed E-state index contributed by atoms with van der Waals surface area (Å²) in [5.74, 6) is 0.463. The van der Waals surface area contributed by atoms with Gasteiger partial charge < -0.3 is 9.42 Å². The predicted molar refractivity (Wildman–Crippen MR) is 83.4 cm³/mol. The zero-order valence-electron chi connectivity index (χ0n) is 12.1. The minimum absolute atomic E-state index is 0.159. The molecule has 0 aromatic carbocycles. The molecule has 6 heteroatoms. The Hall–Kier alpha value is -2.47. The number of carbonyl (C=O) groups is 1. The first-order valence-electron chi connectivity index (χ1n) is 6.86. The molecular weight excluding hydrogens is 298 g/mol. The normalized spacial score (nSPS) is 10.6. The molecule has 0 fully saturated rings. The SMILES string of the molecule is Cc1cc(C(=O)N(Cc2ccsc2)Cc2ccccn2)no1. The minimum Gasteiger partial charge on any atom is -0.361 e. The van der Waals surface area contributed by atoms with Gasteiger partial charge in [-0.1, -0.05) is 11.2 Å². The lowest BCUT2D eigenvalue weighted by atomic mass is 10.2. The second kappa shape index (κ2) is 6.53. The van der Waals surface area contributed by atoms with Gasteiger partial charge in [-0.2, -0.15) is 11.3 Å². The van der Waals surface area contributed by atoms with Gasteiger partial charge in [0.2, 0.25) is 0 Å². The summed E-state index contributed by atoms with van der Waals surface area (Å²) in [6, 6.07) is 9.34. The maximum atomic E-state index is 12.7. The Labute approximate surface area is 132 Å². The van der Waals surface area contributed by atoms with Gasteiger partial charge in [-0.15, -0.1) is 0 Å². The molecule has 0 saturated heterocycles. The van der Waals surface area contributed by atoms with Gasteiger partial charge in [0.1, 0.15) is 5.76 Å². The van der Waals surface area contributed by atoms with E-state index in [0.717, 1.165) is 11.3 Å². The fourth-order valence-corrected chi connectivity index (χ4v) is 2.78. The quantitative estimate of drug-likeness (QED) is 0.725. The smallest absolute Gasteiger partial charge is 0.276 e. The van der Waals surface area contributed by atoms with Gasteiger partial charge in [-0.3, -0.25) is 9.78 Å². The molecule has 0 saturated carbocycles. The number of rotatable bonds is 5. The maximum absolute atomic E-state index is 12.7. The molecule has 3 heterocycles. The van der Waals surface area contributed by atoms with Gasteiger partial charge in [0.15, 0.2) is 5.69 Å². The highest BCUT2D eigenvalue weighted by Crippen LogP contribution is 2.15. The number of aryl methyl sites for hydroxylation is 1. The molecular formula is C16H15N3O2S. The van der Waals surface area contributed by atoms with Crippen LogP contribution in [-0.2, 0) is 13.1 Å². The molecule has 3 aromatic heterocycles. The van der Waals surface area contributed by atoms with E-state index in [0.29, 0.717) is 24.5 Å². The summed E-state index contributed by atoms with van der Waals surface area (Å²) >= 11 is 1.61. The maximum Gasteiger partial charge on any atom is 0.276 e. The van der Waals surface area contributed by atoms with Crippen LogP contribution in [0.15, 0.2) is 51.8 Å². The van der Waals surface area contributed by atoms with Gasteiger partial charge in [0.25, 0.3) is 5.91 Å². The van der Waals surface area contributed by atoms with Gasteiger partial charge in [0.05, 0.1) is 12.2 Å². The van der Waals surface area contributed by atoms with E-state index in [1.54, 1.807) is 35.4 Å². The Morgan fingerprint density at radius 3 is 2.86 bits per heavy atom. The molecule has 0 aliphatic rings. The molecule has 3 rings (SSSR count). The van der Waals surface area contributed by atoms with Gasteiger partial charge in [0, 0.05) is 18.8 Å². The summed E-state index contributed by atoms with van der Waals surface area (Å²) in [6.45, 7) is 2.72. The van der Waals surface area contributed by atoms with Crippen LogP contribution in [0.1, 0.15) is 27.5 Å². The fraction of sp³-hybridized carbons (Fsp3) is 0.188. The summed E-state index contributed by atoms with van der Waals surface area (Å²) in [5, 5.41) is 7.86. The molecule has 0 aliphatic carbocycles. The molecule has 22 heavy (non-hydrogen) atoms. The molecule has 0 atom stereocenters. The first-order chi connectivity index (χ1) is 10.7. The molecule has 0 bridgehead atoms. The van der Waals surface area contributed by atoms with Crippen molar-refractivity contribution in [1.82, 2.24) is 15.0 Å². The van der Waals surface area contributed by atoms with E-state index in [-0.39, 0.29) is 5.91 Å². The third-order valence-corrected chi connectivity index (χ3v) is 3.90. The Bertz CT molecular complexity index is 738. The molecule has 0 unspecified atom stereocenters. The van der Waals surface area contributed by atoms with Crippen molar-refractivity contribution in [3.63, 3.8) is 0 Å². The molecule has 5 nitrogen and oxygen atoms in total. The van der Waals surface area contributed by atoms with Crippen molar-refractivity contribution in [3.05, 3.63) is 70.0 Å². The van der Waals surface area contributed by atoms with Crippen molar-refractivity contribution in [2.24, 2.45) is 0 Å². The first kappa shape index (κ1) is 14.5. The van der Waals surface area contributed by atoms with Crippen molar-refractivity contribution in [2.75, 3.05) is 0 Å². The van der Waals surface area contributed by atoms with Crippen molar-refractivity contribution < 1.29 is 9.32 Å². The Kier molecular flexibility index (Phi) is 4.29. The van der Waals surface area contributed by atoms with Crippen LogP contribution < -0.4 is 0 Å². The highest BCUT2D eigenvalue weighted by molar-refractivity contribution is 7.07. The van der Waals surface area contributed by atoms with Crippen LogP contribution in [0.25, 0.3) is 0 Å². The molecule has 0 N–H and O–H groups in total. The lowest BCUT2D eigenvalue weighted by Crippen LogP contribution is -2.30. The van der Waals surface area contributed by atoms with E-state index < -0.39 is 0 Å². The van der Waals surface area contributed by atoms with Crippen molar-refractivity contribution in [1.29, 1.82) is 0 Å². The second-order valence-corrected chi connectivity index (χ2v) is 5.72. The lowest BCUT2D eigenvalue weighted by Gasteiger charge is -2.20. The third-order valence-electron chi connectivity index (χ3n) is 3.17. The molecule has 0 aliphatic heterocycles. The monoisotopic (exact) mass is 313 g/mol. The Morgan fingerprint density at radius 1 is 1.32 bits per heavy atom. The standard InChI is InChI=1S/C16H15N3O2S/c1-12-8-15(18-21-12)16(20)19(9-13-5-7-22-11-13)10-14-4-2-3-6-17-14/h2-8,11H,9-10H2,1H3.